The van der Waals surface area contributed by atoms with Crippen LogP contribution in [0.15, 0.2) is 12.2 Å². The predicted molar refractivity (Wildman–Crippen MR) is 108 cm³/mol. The molecule has 0 amide bonds. The van der Waals surface area contributed by atoms with Crippen molar-refractivity contribution in [2.45, 2.75) is 110 Å². The van der Waals surface area contributed by atoms with Gasteiger partial charge in [0.1, 0.15) is 0 Å². The molecule has 0 radical (unpaired) electrons. The second-order valence-electron chi connectivity index (χ2n) is 8.93. The Bertz CT molecular complexity index is 414. The summed E-state index contributed by atoms with van der Waals surface area (Å²) in [6.45, 7) is 4.54. The molecule has 2 saturated carbocycles. The van der Waals surface area contributed by atoms with Crippen LogP contribution in [0.5, 0.6) is 0 Å². The number of nitrogens with zero attached hydrogens (tertiary/aromatic N) is 1. The first-order chi connectivity index (χ1) is 12.2. The Balaban J connectivity index is 1.73. The minimum absolute atomic E-state index is 0.137. The number of hydrogen-bond donors (Lipinski definition) is 0. The van der Waals surface area contributed by atoms with Crippen LogP contribution in [0.3, 0.4) is 0 Å². The normalized spacial score (nSPS) is 33.4. The van der Waals surface area contributed by atoms with Crippen molar-refractivity contribution in [2.24, 2.45) is 23.2 Å². The Morgan fingerprint density at radius 2 is 1.52 bits per heavy atom. The highest BCUT2D eigenvalue weighted by Crippen LogP contribution is 2.46. The van der Waals surface area contributed by atoms with Gasteiger partial charge in [0, 0.05) is 0 Å². The van der Waals surface area contributed by atoms with Crippen LogP contribution in [0.25, 0.3) is 0 Å². The molecule has 2 aliphatic carbocycles. The van der Waals surface area contributed by atoms with Gasteiger partial charge in [0.25, 0.3) is 0 Å². The molecule has 0 unspecified atom stereocenters. The molecule has 2 rings (SSSR count). The first-order valence-corrected chi connectivity index (χ1v) is 11.3. The van der Waals surface area contributed by atoms with Crippen LogP contribution in [0, 0.1) is 34.5 Å². The average molecular weight is 344 g/mol. The maximum absolute atomic E-state index is 9.73. The van der Waals surface area contributed by atoms with E-state index in [2.05, 4.69) is 32.1 Å². The molecule has 0 bridgehead atoms. The van der Waals surface area contributed by atoms with Gasteiger partial charge in [0.05, 0.1) is 11.5 Å². The Kier molecular flexibility index (Phi) is 9.08. The maximum atomic E-state index is 9.73. The first-order valence-electron chi connectivity index (χ1n) is 11.3. The molecule has 0 spiro atoms. The van der Waals surface area contributed by atoms with Gasteiger partial charge < -0.3 is 0 Å². The molecule has 0 aromatic carbocycles. The molecule has 0 aromatic heterocycles. The van der Waals surface area contributed by atoms with Crippen molar-refractivity contribution in [3.63, 3.8) is 0 Å². The van der Waals surface area contributed by atoms with E-state index in [1.807, 2.05) is 0 Å². The van der Waals surface area contributed by atoms with Gasteiger partial charge in [-0.2, -0.15) is 5.26 Å². The van der Waals surface area contributed by atoms with E-state index in [4.69, 9.17) is 0 Å². The molecule has 0 saturated heterocycles. The van der Waals surface area contributed by atoms with E-state index in [0.717, 1.165) is 37.0 Å². The lowest BCUT2D eigenvalue weighted by Gasteiger charge is -2.39. The fourth-order valence-corrected chi connectivity index (χ4v) is 5.20. The number of allylic oxidation sites excluding steroid dienone is 2. The van der Waals surface area contributed by atoms with E-state index in [1.165, 1.54) is 77.0 Å². The van der Waals surface area contributed by atoms with Crippen molar-refractivity contribution < 1.29 is 0 Å². The summed E-state index contributed by atoms with van der Waals surface area (Å²) in [6, 6.07) is 2.67. The highest BCUT2D eigenvalue weighted by atomic mass is 14.4. The van der Waals surface area contributed by atoms with Crippen LogP contribution in [0.4, 0.5) is 0 Å². The fourth-order valence-electron chi connectivity index (χ4n) is 5.20. The lowest BCUT2D eigenvalue weighted by atomic mass is 9.64. The lowest BCUT2D eigenvalue weighted by molar-refractivity contribution is 0.136. The summed E-state index contributed by atoms with van der Waals surface area (Å²) >= 11 is 0. The summed E-state index contributed by atoms with van der Waals surface area (Å²) in [4.78, 5) is 0. The SMILES string of the molecule is CCCCC=CC1(C#N)CCC(C2CCC(CCCCC)CC2)CC1. The number of rotatable bonds is 9. The largest absolute Gasteiger partial charge is 0.197 e. The van der Waals surface area contributed by atoms with Crippen LogP contribution in [-0.2, 0) is 0 Å². The zero-order valence-electron chi connectivity index (χ0n) is 16.9. The van der Waals surface area contributed by atoms with Gasteiger partial charge in [-0.05, 0) is 62.7 Å². The van der Waals surface area contributed by atoms with Gasteiger partial charge in [-0.15, -0.1) is 0 Å². The van der Waals surface area contributed by atoms with Crippen molar-refractivity contribution in [1.29, 1.82) is 5.26 Å². The third-order valence-electron chi connectivity index (χ3n) is 7.08. The molecule has 2 aliphatic rings. The Hall–Kier alpha value is -0.770. The van der Waals surface area contributed by atoms with E-state index >= 15 is 0 Å². The molecule has 2 fully saturated rings. The van der Waals surface area contributed by atoms with Gasteiger partial charge in [0.15, 0.2) is 0 Å². The van der Waals surface area contributed by atoms with E-state index in [9.17, 15) is 5.26 Å². The first kappa shape index (κ1) is 20.5. The van der Waals surface area contributed by atoms with Crippen molar-refractivity contribution in [3.05, 3.63) is 12.2 Å². The molecule has 0 heterocycles. The zero-order chi connectivity index (χ0) is 18.0. The second kappa shape index (κ2) is 11.1. The predicted octanol–water partition coefficient (Wildman–Crippen LogP) is 7.82. The molecule has 0 aromatic rings. The van der Waals surface area contributed by atoms with E-state index in [-0.39, 0.29) is 5.41 Å². The van der Waals surface area contributed by atoms with Gasteiger partial charge in [-0.1, -0.05) is 77.4 Å². The summed E-state index contributed by atoms with van der Waals surface area (Å²) in [6.07, 6.45) is 24.6. The summed E-state index contributed by atoms with van der Waals surface area (Å²) in [7, 11) is 0. The summed E-state index contributed by atoms with van der Waals surface area (Å²) in [5.74, 6) is 2.89. The average Bonchev–Trinajstić information content (AvgIpc) is 2.67. The van der Waals surface area contributed by atoms with Gasteiger partial charge in [-0.25, -0.2) is 0 Å². The Morgan fingerprint density at radius 1 is 0.880 bits per heavy atom. The van der Waals surface area contributed by atoms with Gasteiger partial charge in [0.2, 0.25) is 0 Å². The highest BCUT2D eigenvalue weighted by molar-refractivity contribution is 5.14. The van der Waals surface area contributed by atoms with Crippen LogP contribution in [-0.4, -0.2) is 0 Å². The van der Waals surface area contributed by atoms with Gasteiger partial charge in [-0.3, -0.25) is 0 Å². The van der Waals surface area contributed by atoms with E-state index < -0.39 is 0 Å². The maximum Gasteiger partial charge on any atom is 0.0753 e. The second-order valence-corrected chi connectivity index (χ2v) is 8.93. The molecular formula is C24H41N. The van der Waals surface area contributed by atoms with Crippen LogP contribution in [0.1, 0.15) is 110 Å². The molecule has 1 nitrogen and oxygen atoms in total. The third kappa shape index (κ3) is 6.47. The minimum Gasteiger partial charge on any atom is -0.197 e. The molecule has 0 aliphatic heterocycles. The number of hydrogen-bond acceptors (Lipinski definition) is 1. The monoisotopic (exact) mass is 343 g/mol. The summed E-state index contributed by atoms with van der Waals surface area (Å²) < 4.78 is 0. The van der Waals surface area contributed by atoms with Crippen LogP contribution in [0.2, 0.25) is 0 Å². The zero-order valence-corrected chi connectivity index (χ0v) is 16.9. The van der Waals surface area contributed by atoms with Crippen LogP contribution < -0.4 is 0 Å². The Morgan fingerprint density at radius 3 is 2.12 bits per heavy atom. The number of unbranched alkanes of at least 4 members (excludes halogenated alkanes) is 4. The molecule has 142 valence electrons. The van der Waals surface area contributed by atoms with Crippen LogP contribution >= 0.6 is 0 Å². The minimum atomic E-state index is -0.137. The molecular weight excluding hydrogens is 302 g/mol. The molecule has 0 N–H and O–H groups in total. The number of nitriles is 1. The highest BCUT2D eigenvalue weighted by Gasteiger charge is 2.37. The summed E-state index contributed by atoms with van der Waals surface area (Å²) in [5, 5.41) is 9.73. The van der Waals surface area contributed by atoms with E-state index in [0.29, 0.717) is 0 Å². The van der Waals surface area contributed by atoms with Crippen molar-refractivity contribution in [2.75, 3.05) is 0 Å². The molecule has 1 heteroatoms. The molecule has 25 heavy (non-hydrogen) atoms. The fraction of sp³-hybridized carbons (Fsp3) is 0.875. The van der Waals surface area contributed by atoms with Gasteiger partial charge >= 0.3 is 0 Å². The topological polar surface area (TPSA) is 23.8 Å². The smallest absolute Gasteiger partial charge is 0.0753 e. The van der Waals surface area contributed by atoms with E-state index in [1.54, 1.807) is 0 Å². The van der Waals surface area contributed by atoms with Crippen molar-refractivity contribution in [1.82, 2.24) is 0 Å². The lowest BCUT2D eigenvalue weighted by Crippen LogP contribution is -2.30. The third-order valence-corrected chi connectivity index (χ3v) is 7.08. The Labute approximate surface area is 157 Å². The molecule has 0 atom stereocenters. The standard InChI is InChI=1S/C24H41N/c1-3-5-7-9-17-24(20-25)18-15-23(16-19-24)22-13-11-21(12-14-22)10-8-6-4-2/h9,17,21-23H,3-8,10-16,18-19H2,1-2H3. The quantitative estimate of drug-likeness (QED) is 0.309. The van der Waals surface area contributed by atoms with Crippen molar-refractivity contribution in [3.8, 4) is 6.07 Å². The van der Waals surface area contributed by atoms with Crippen molar-refractivity contribution >= 4 is 0 Å². The summed E-state index contributed by atoms with van der Waals surface area (Å²) in [5.41, 5.74) is -0.137.